The number of aromatic nitrogens is 2. The van der Waals surface area contributed by atoms with E-state index < -0.39 is 5.97 Å². The summed E-state index contributed by atoms with van der Waals surface area (Å²) in [7, 11) is 0. The molecule has 0 amide bonds. The second kappa shape index (κ2) is 6.57. The van der Waals surface area contributed by atoms with Gasteiger partial charge in [-0.25, -0.2) is 9.78 Å². The molecule has 124 valence electrons. The van der Waals surface area contributed by atoms with E-state index in [1.807, 2.05) is 44.2 Å². The minimum absolute atomic E-state index is 0.0382. The van der Waals surface area contributed by atoms with Crippen LogP contribution >= 0.6 is 11.3 Å². The molecule has 0 bridgehead atoms. The van der Waals surface area contributed by atoms with Crippen molar-refractivity contribution in [2.45, 2.75) is 32.7 Å². The Hall–Kier alpha value is -2.47. The SMILES string of the molecule is CC(C)c1nc2scc(C(=O)O)c2c(=O)n1CCc1ccccc1. The fourth-order valence-electron chi connectivity index (χ4n) is 2.74. The lowest BCUT2D eigenvalue weighted by Gasteiger charge is -2.15. The Balaban J connectivity index is 2.11. The number of nitrogens with zero attached hydrogens (tertiary/aromatic N) is 2. The number of hydrogen-bond acceptors (Lipinski definition) is 4. The molecule has 1 N–H and O–H groups in total. The summed E-state index contributed by atoms with van der Waals surface area (Å²) in [5, 5.41) is 11.0. The number of rotatable bonds is 5. The van der Waals surface area contributed by atoms with Gasteiger partial charge in [-0.1, -0.05) is 44.2 Å². The molecule has 6 heteroatoms. The summed E-state index contributed by atoms with van der Waals surface area (Å²) in [6.45, 7) is 4.45. The quantitative estimate of drug-likeness (QED) is 0.770. The summed E-state index contributed by atoms with van der Waals surface area (Å²) in [4.78, 5) is 29.4. The van der Waals surface area contributed by atoms with Crippen LogP contribution in [0, 0.1) is 0 Å². The minimum Gasteiger partial charge on any atom is -0.478 e. The monoisotopic (exact) mass is 342 g/mol. The van der Waals surface area contributed by atoms with Crippen LogP contribution in [0.2, 0.25) is 0 Å². The van der Waals surface area contributed by atoms with Crippen molar-refractivity contribution in [1.82, 2.24) is 9.55 Å². The van der Waals surface area contributed by atoms with Gasteiger partial charge in [0.15, 0.2) is 0 Å². The highest BCUT2D eigenvalue weighted by molar-refractivity contribution is 7.17. The van der Waals surface area contributed by atoms with Gasteiger partial charge in [-0.15, -0.1) is 11.3 Å². The zero-order valence-corrected chi connectivity index (χ0v) is 14.3. The van der Waals surface area contributed by atoms with Gasteiger partial charge in [0.1, 0.15) is 10.7 Å². The van der Waals surface area contributed by atoms with E-state index in [4.69, 9.17) is 0 Å². The molecule has 0 aliphatic heterocycles. The zero-order valence-electron chi connectivity index (χ0n) is 13.5. The third-order valence-electron chi connectivity index (χ3n) is 3.94. The van der Waals surface area contributed by atoms with Crippen molar-refractivity contribution in [3.05, 3.63) is 63.0 Å². The molecular formula is C18H18N2O3S. The van der Waals surface area contributed by atoms with E-state index in [9.17, 15) is 14.7 Å². The molecule has 0 spiro atoms. The second-order valence-electron chi connectivity index (χ2n) is 5.95. The number of fused-ring (bicyclic) bond motifs is 1. The van der Waals surface area contributed by atoms with E-state index in [-0.39, 0.29) is 22.4 Å². The molecule has 3 rings (SSSR count). The molecule has 0 aliphatic carbocycles. The molecule has 0 aliphatic rings. The number of aromatic carboxylic acids is 1. The maximum absolute atomic E-state index is 12.9. The number of aryl methyl sites for hydroxylation is 1. The Bertz CT molecular complexity index is 942. The molecule has 5 nitrogen and oxygen atoms in total. The number of benzene rings is 1. The average molecular weight is 342 g/mol. The van der Waals surface area contributed by atoms with Crippen LogP contribution in [0.3, 0.4) is 0 Å². The maximum atomic E-state index is 12.9. The van der Waals surface area contributed by atoms with Gasteiger partial charge in [0.05, 0.1) is 10.9 Å². The fraction of sp³-hybridized carbons (Fsp3) is 0.278. The van der Waals surface area contributed by atoms with Crippen LogP contribution in [0.4, 0.5) is 0 Å². The topological polar surface area (TPSA) is 72.2 Å². The van der Waals surface area contributed by atoms with Crippen LogP contribution < -0.4 is 5.56 Å². The third-order valence-corrected chi connectivity index (χ3v) is 4.81. The zero-order chi connectivity index (χ0) is 17.3. The van der Waals surface area contributed by atoms with E-state index in [2.05, 4.69) is 4.98 Å². The van der Waals surface area contributed by atoms with Crippen LogP contribution in [0.25, 0.3) is 10.2 Å². The lowest BCUT2D eigenvalue weighted by Crippen LogP contribution is -2.27. The van der Waals surface area contributed by atoms with E-state index in [1.54, 1.807) is 4.57 Å². The summed E-state index contributed by atoms with van der Waals surface area (Å²) >= 11 is 1.21. The highest BCUT2D eigenvalue weighted by atomic mass is 32.1. The van der Waals surface area contributed by atoms with E-state index in [0.29, 0.717) is 23.6 Å². The van der Waals surface area contributed by atoms with Gasteiger partial charge < -0.3 is 5.11 Å². The summed E-state index contributed by atoms with van der Waals surface area (Å²) < 4.78 is 1.62. The Kier molecular flexibility index (Phi) is 4.49. The molecule has 1 aromatic carbocycles. The molecule has 24 heavy (non-hydrogen) atoms. The Morgan fingerprint density at radius 2 is 2.00 bits per heavy atom. The van der Waals surface area contributed by atoms with Crippen molar-refractivity contribution in [3.8, 4) is 0 Å². The molecule has 2 aromatic heterocycles. The van der Waals surface area contributed by atoms with Gasteiger partial charge in [-0.05, 0) is 12.0 Å². The van der Waals surface area contributed by atoms with Gasteiger partial charge in [-0.3, -0.25) is 9.36 Å². The summed E-state index contributed by atoms with van der Waals surface area (Å²) in [6, 6.07) is 9.90. The summed E-state index contributed by atoms with van der Waals surface area (Å²) in [5.41, 5.74) is 0.900. The van der Waals surface area contributed by atoms with Gasteiger partial charge >= 0.3 is 5.97 Å². The van der Waals surface area contributed by atoms with Crippen LogP contribution in [0.1, 0.15) is 41.5 Å². The Morgan fingerprint density at radius 3 is 2.62 bits per heavy atom. The smallest absolute Gasteiger partial charge is 0.337 e. The van der Waals surface area contributed by atoms with Gasteiger partial charge in [0.2, 0.25) is 0 Å². The van der Waals surface area contributed by atoms with Gasteiger partial charge in [0, 0.05) is 17.8 Å². The van der Waals surface area contributed by atoms with Crippen LogP contribution in [-0.4, -0.2) is 20.6 Å². The number of carbonyl (C=O) groups is 1. The number of carboxylic acid groups (broad SMARTS) is 1. The summed E-state index contributed by atoms with van der Waals surface area (Å²) in [5.74, 6) is -0.317. The molecule has 0 unspecified atom stereocenters. The molecule has 0 radical (unpaired) electrons. The highest BCUT2D eigenvalue weighted by Gasteiger charge is 2.20. The van der Waals surface area contributed by atoms with Crippen molar-refractivity contribution in [2.75, 3.05) is 0 Å². The molecule has 0 saturated heterocycles. The van der Waals surface area contributed by atoms with E-state index in [1.165, 1.54) is 16.7 Å². The lowest BCUT2D eigenvalue weighted by molar-refractivity contribution is 0.0699. The third kappa shape index (κ3) is 2.97. The van der Waals surface area contributed by atoms with Crippen molar-refractivity contribution in [1.29, 1.82) is 0 Å². The molecule has 0 fully saturated rings. The molecule has 0 atom stereocenters. The van der Waals surface area contributed by atoms with Crippen molar-refractivity contribution in [2.24, 2.45) is 0 Å². The largest absolute Gasteiger partial charge is 0.478 e. The first-order chi connectivity index (χ1) is 11.5. The predicted molar refractivity (Wildman–Crippen MR) is 95.1 cm³/mol. The number of carboxylic acids is 1. The van der Waals surface area contributed by atoms with Crippen LogP contribution in [0.15, 0.2) is 40.5 Å². The number of hydrogen-bond donors (Lipinski definition) is 1. The summed E-state index contributed by atoms with van der Waals surface area (Å²) in [6.07, 6.45) is 0.695. The van der Waals surface area contributed by atoms with E-state index in [0.717, 1.165) is 5.56 Å². The lowest BCUT2D eigenvalue weighted by atomic mass is 10.1. The van der Waals surface area contributed by atoms with Crippen molar-refractivity contribution >= 4 is 27.5 Å². The Labute approximate surface area is 143 Å². The first-order valence-corrected chi connectivity index (χ1v) is 8.66. The fourth-order valence-corrected chi connectivity index (χ4v) is 3.65. The first-order valence-electron chi connectivity index (χ1n) is 7.78. The van der Waals surface area contributed by atoms with Gasteiger partial charge in [0.25, 0.3) is 5.56 Å². The van der Waals surface area contributed by atoms with Crippen molar-refractivity contribution < 1.29 is 9.90 Å². The second-order valence-corrected chi connectivity index (χ2v) is 6.81. The molecule has 0 saturated carbocycles. The maximum Gasteiger partial charge on any atom is 0.337 e. The number of thiophene rings is 1. The Morgan fingerprint density at radius 1 is 1.29 bits per heavy atom. The highest BCUT2D eigenvalue weighted by Crippen LogP contribution is 2.24. The average Bonchev–Trinajstić information content (AvgIpc) is 2.99. The minimum atomic E-state index is -1.09. The standard InChI is InChI=1S/C18H18N2O3S/c1-11(2)15-19-16-14(13(10-24-16)18(22)23)17(21)20(15)9-8-12-6-4-3-5-7-12/h3-7,10-11H,8-9H2,1-2H3,(H,22,23). The van der Waals surface area contributed by atoms with E-state index >= 15 is 0 Å². The molecule has 3 aromatic rings. The van der Waals surface area contributed by atoms with Crippen LogP contribution in [-0.2, 0) is 13.0 Å². The molecule has 2 heterocycles. The van der Waals surface area contributed by atoms with Gasteiger partial charge in [-0.2, -0.15) is 0 Å². The first kappa shape index (κ1) is 16.4. The van der Waals surface area contributed by atoms with Crippen molar-refractivity contribution in [3.63, 3.8) is 0 Å². The normalized spacial score (nSPS) is 11.3. The molecular weight excluding hydrogens is 324 g/mol. The van der Waals surface area contributed by atoms with Crippen LogP contribution in [0.5, 0.6) is 0 Å². The predicted octanol–water partition coefficient (Wildman–Crippen LogP) is 3.52.